The number of H-pyrrole nitrogens is 1. The van der Waals surface area contributed by atoms with Crippen molar-refractivity contribution in [2.24, 2.45) is 0 Å². The van der Waals surface area contributed by atoms with Gasteiger partial charge in [-0.1, -0.05) is 19.3 Å². The number of hydrogen-bond donors (Lipinski definition) is 3. The lowest BCUT2D eigenvalue weighted by Gasteiger charge is -2.44. The van der Waals surface area contributed by atoms with E-state index in [0.717, 1.165) is 19.4 Å². The highest BCUT2D eigenvalue weighted by atomic mass is 16.2. The van der Waals surface area contributed by atoms with Gasteiger partial charge in [-0.3, -0.25) is 9.59 Å². The molecule has 1 aromatic rings. The Bertz CT molecular complexity index is 555. The summed E-state index contributed by atoms with van der Waals surface area (Å²) in [5, 5.41) is 6.72. The summed E-state index contributed by atoms with van der Waals surface area (Å²) in [6.07, 6.45) is 9.71. The van der Waals surface area contributed by atoms with Crippen LogP contribution in [-0.4, -0.2) is 29.0 Å². The summed E-state index contributed by atoms with van der Waals surface area (Å²) in [6, 6.07) is 3.42. The van der Waals surface area contributed by atoms with Crippen LogP contribution in [0.15, 0.2) is 23.1 Å². The molecule has 3 N–H and O–H groups in total. The second kappa shape index (κ2) is 6.02. The standard InChI is InChI=1S/C16H23N3O2/c20-14-13(5-4-9-17-14)15(21)19-12-6-10-18-16(11-12)7-2-1-3-8-16/h4-5,9,12,18H,1-3,6-8,10-11H2,(H,17,20)(H,19,21). The molecule has 1 unspecified atom stereocenters. The third kappa shape index (κ3) is 3.18. The van der Waals surface area contributed by atoms with E-state index in [1.165, 1.54) is 32.1 Å². The average Bonchev–Trinajstić information content (AvgIpc) is 2.48. The maximum absolute atomic E-state index is 12.3. The molecule has 2 heterocycles. The SMILES string of the molecule is O=C(NC1CCNC2(CCCCC2)C1)c1ccc[nH]c1=O. The number of aromatic amines is 1. The van der Waals surface area contributed by atoms with Crippen molar-refractivity contribution >= 4 is 5.91 Å². The number of aromatic nitrogens is 1. The molecular formula is C16H23N3O2. The van der Waals surface area contributed by atoms with E-state index in [4.69, 9.17) is 0 Å². The summed E-state index contributed by atoms with van der Waals surface area (Å²) in [5.74, 6) is -0.255. The fourth-order valence-electron chi connectivity index (χ4n) is 3.75. The molecule has 1 spiro atoms. The fraction of sp³-hybridized carbons (Fsp3) is 0.625. The highest BCUT2D eigenvalue weighted by Gasteiger charge is 2.37. The lowest BCUT2D eigenvalue weighted by Crippen LogP contribution is -2.57. The van der Waals surface area contributed by atoms with Crippen LogP contribution < -0.4 is 16.2 Å². The first-order valence-corrected chi connectivity index (χ1v) is 7.92. The molecule has 2 fully saturated rings. The number of nitrogens with one attached hydrogen (secondary N) is 3. The number of rotatable bonds is 2. The Morgan fingerprint density at radius 1 is 1.29 bits per heavy atom. The van der Waals surface area contributed by atoms with Gasteiger partial charge < -0.3 is 15.6 Å². The van der Waals surface area contributed by atoms with E-state index < -0.39 is 0 Å². The van der Waals surface area contributed by atoms with Gasteiger partial charge >= 0.3 is 0 Å². The minimum absolute atomic E-state index is 0.163. The first-order chi connectivity index (χ1) is 10.2. The molecule has 1 aromatic heterocycles. The zero-order chi connectivity index (χ0) is 14.7. The topological polar surface area (TPSA) is 74.0 Å². The number of carbonyl (C=O) groups is 1. The number of carbonyl (C=O) groups excluding carboxylic acids is 1. The Kier molecular flexibility index (Phi) is 4.10. The quantitative estimate of drug-likeness (QED) is 0.773. The maximum atomic E-state index is 12.3. The molecule has 1 saturated heterocycles. The highest BCUT2D eigenvalue weighted by molar-refractivity contribution is 5.93. The van der Waals surface area contributed by atoms with Gasteiger partial charge in [-0.05, 0) is 44.4 Å². The molecule has 1 atom stereocenters. The van der Waals surface area contributed by atoms with Crippen LogP contribution in [0.1, 0.15) is 55.3 Å². The van der Waals surface area contributed by atoms with Crippen molar-refractivity contribution in [2.75, 3.05) is 6.54 Å². The van der Waals surface area contributed by atoms with Crippen LogP contribution in [0, 0.1) is 0 Å². The highest BCUT2D eigenvalue weighted by Crippen LogP contribution is 2.34. The zero-order valence-electron chi connectivity index (χ0n) is 12.3. The molecule has 1 aliphatic carbocycles. The summed E-state index contributed by atoms with van der Waals surface area (Å²) >= 11 is 0. The Morgan fingerprint density at radius 2 is 2.10 bits per heavy atom. The largest absolute Gasteiger partial charge is 0.349 e. The summed E-state index contributed by atoms with van der Waals surface area (Å²) in [6.45, 7) is 0.941. The Morgan fingerprint density at radius 3 is 2.86 bits per heavy atom. The first kappa shape index (κ1) is 14.3. The molecule has 1 amide bonds. The van der Waals surface area contributed by atoms with Crippen molar-refractivity contribution in [3.8, 4) is 0 Å². The van der Waals surface area contributed by atoms with E-state index in [1.807, 2.05) is 0 Å². The van der Waals surface area contributed by atoms with Gasteiger partial charge in [0.1, 0.15) is 5.56 Å². The number of amides is 1. The number of hydrogen-bond acceptors (Lipinski definition) is 3. The van der Waals surface area contributed by atoms with Gasteiger partial charge in [0.2, 0.25) is 0 Å². The van der Waals surface area contributed by atoms with E-state index in [2.05, 4.69) is 15.6 Å². The molecule has 5 nitrogen and oxygen atoms in total. The first-order valence-electron chi connectivity index (χ1n) is 7.92. The second-order valence-corrected chi connectivity index (χ2v) is 6.34. The van der Waals surface area contributed by atoms with Crippen LogP contribution in [0.4, 0.5) is 0 Å². The predicted octanol–water partition coefficient (Wildman–Crippen LogP) is 1.56. The van der Waals surface area contributed by atoms with Gasteiger partial charge in [0, 0.05) is 17.8 Å². The summed E-state index contributed by atoms with van der Waals surface area (Å²) in [5.41, 5.74) is 0.0856. The number of piperidine rings is 1. The smallest absolute Gasteiger partial charge is 0.260 e. The van der Waals surface area contributed by atoms with Crippen molar-refractivity contribution in [3.63, 3.8) is 0 Å². The van der Waals surface area contributed by atoms with Crippen molar-refractivity contribution in [3.05, 3.63) is 34.2 Å². The third-order valence-electron chi connectivity index (χ3n) is 4.84. The van der Waals surface area contributed by atoms with Gasteiger partial charge in [-0.15, -0.1) is 0 Å². The molecular weight excluding hydrogens is 266 g/mol. The fourth-order valence-corrected chi connectivity index (χ4v) is 3.75. The Labute approximate surface area is 124 Å². The van der Waals surface area contributed by atoms with Crippen molar-refractivity contribution in [2.45, 2.75) is 56.5 Å². The molecule has 2 aliphatic rings. The molecule has 21 heavy (non-hydrogen) atoms. The van der Waals surface area contributed by atoms with Crippen LogP contribution >= 0.6 is 0 Å². The lowest BCUT2D eigenvalue weighted by atomic mass is 9.75. The molecule has 1 saturated carbocycles. The Balaban J connectivity index is 1.66. The maximum Gasteiger partial charge on any atom is 0.260 e. The van der Waals surface area contributed by atoms with E-state index in [9.17, 15) is 9.59 Å². The summed E-state index contributed by atoms with van der Waals surface area (Å²) < 4.78 is 0. The van der Waals surface area contributed by atoms with Crippen LogP contribution in [0.3, 0.4) is 0 Å². The van der Waals surface area contributed by atoms with E-state index >= 15 is 0 Å². The van der Waals surface area contributed by atoms with Crippen LogP contribution in [-0.2, 0) is 0 Å². The molecule has 0 radical (unpaired) electrons. The van der Waals surface area contributed by atoms with Gasteiger partial charge in [0.25, 0.3) is 11.5 Å². The molecule has 0 aromatic carbocycles. The normalized spacial score (nSPS) is 24.7. The van der Waals surface area contributed by atoms with E-state index in [0.29, 0.717) is 0 Å². The second-order valence-electron chi connectivity index (χ2n) is 6.34. The van der Waals surface area contributed by atoms with Crippen molar-refractivity contribution in [1.29, 1.82) is 0 Å². The van der Waals surface area contributed by atoms with Gasteiger partial charge in [-0.25, -0.2) is 0 Å². The van der Waals surface area contributed by atoms with E-state index in [-0.39, 0.29) is 28.6 Å². The monoisotopic (exact) mass is 289 g/mol. The van der Waals surface area contributed by atoms with Crippen molar-refractivity contribution in [1.82, 2.24) is 15.6 Å². The van der Waals surface area contributed by atoms with E-state index in [1.54, 1.807) is 18.3 Å². The Hall–Kier alpha value is -1.62. The average molecular weight is 289 g/mol. The summed E-state index contributed by atoms with van der Waals surface area (Å²) in [7, 11) is 0. The third-order valence-corrected chi connectivity index (χ3v) is 4.84. The summed E-state index contributed by atoms with van der Waals surface area (Å²) in [4.78, 5) is 26.5. The molecule has 5 heteroatoms. The minimum atomic E-state index is -0.323. The van der Waals surface area contributed by atoms with Crippen molar-refractivity contribution < 1.29 is 4.79 Å². The molecule has 1 aliphatic heterocycles. The minimum Gasteiger partial charge on any atom is -0.349 e. The van der Waals surface area contributed by atoms with Gasteiger partial charge in [0.05, 0.1) is 0 Å². The van der Waals surface area contributed by atoms with Gasteiger partial charge in [-0.2, -0.15) is 0 Å². The van der Waals surface area contributed by atoms with Gasteiger partial charge in [0.15, 0.2) is 0 Å². The van der Waals surface area contributed by atoms with Crippen LogP contribution in [0.25, 0.3) is 0 Å². The molecule has 3 rings (SSSR count). The van der Waals surface area contributed by atoms with Crippen LogP contribution in [0.2, 0.25) is 0 Å². The number of pyridine rings is 1. The zero-order valence-corrected chi connectivity index (χ0v) is 12.3. The molecule has 0 bridgehead atoms. The molecule has 114 valence electrons. The van der Waals surface area contributed by atoms with Crippen LogP contribution in [0.5, 0.6) is 0 Å². The predicted molar refractivity (Wildman–Crippen MR) is 81.4 cm³/mol. The lowest BCUT2D eigenvalue weighted by molar-refractivity contribution is 0.0891.